The van der Waals surface area contributed by atoms with Gasteiger partial charge in [0.15, 0.2) is 6.10 Å². The second-order valence-corrected chi connectivity index (χ2v) is 7.77. The molecule has 27 heavy (non-hydrogen) atoms. The summed E-state index contributed by atoms with van der Waals surface area (Å²) in [4.78, 5) is 24.3. The lowest BCUT2D eigenvalue weighted by atomic mass is 10.2. The van der Waals surface area contributed by atoms with Gasteiger partial charge in [0.05, 0.1) is 0 Å². The van der Waals surface area contributed by atoms with E-state index in [1.165, 1.54) is 43.9 Å². The molecule has 2 rings (SSSR count). The van der Waals surface area contributed by atoms with Crippen molar-refractivity contribution in [3.05, 3.63) is 47.5 Å². The van der Waals surface area contributed by atoms with Crippen LogP contribution in [0.2, 0.25) is 0 Å². The first-order chi connectivity index (χ1) is 12.5. The maximum atomic E-state index is 13.5. The number of aryl methyl sites for hydroxylation is 2. The van der Waals surface area contributed by atoms with Crippen LogP contribution in [0, 0.1) is 12.7 Å². The Morgan fingerprint density at radius 1 is 1.26 bits per heavy atom. The van der Waals surface area contributed by atoms with Gasteiger partial charge in [-0.1, -0.05) is 6.07 Å². The molecule has 8 nitrogen and oxygen atoms in total. The van der Waals surface area contributed by atoms with E-state index in [9.17, 15) is 22.4 Å². The number of sulfonamides is 1. The number of hydrogen-bond acceptors (Lipinski definition) is 5. The third-order valence-electron chi connectivity index (χ3n) is 3.86. The van der Waals surface area contributed by atoms with Crippen molar-refractivity contribution in [2.75, 3.05) is 12.4 Å². The van der Waals surface area contributed by atoms with Crippen LogP contribution in [-0.4, -0.2) is 38.0 Å². The number of nitrogens with zero attached hydrogens (tertiary/aromatic N) is 1. The van der Waals surface area contributed by atoms with Crippen molar-refractivity contribution in [2.45, 2.75) is 24.8 Å². The molecule has 1 heterocycles. The van der Waals surface area contributed by atoms with E-state index < -0.39 is 33.8 Å². The van der Waals surface area contributed by atoms with E-state index in [0.717, 1.165) is 12.1 Å². The van der Waals surface area contributed by atoms with Crippen LogP contribution in [0.4, 0.5) is 10.1 Å². The minimum absolute atomic E-state index is 0.0372. The monoisotopic (exact) mass is 397 g/mol. The van der Waals surface area contributed by atoms with Gasteiger partial charge in [0.1, 0.15) is 16.4 Å². The van der Waals surface area contributed by atoms with Crippen LogP contribution in [0.15, 0.2) is 35.4 Å². The number of nitrogens with one attached hydrogen (secondary N) is 2. The molecule has 146 valence electrons. The van der Waals surface area contributed by atoms with Gasteiger partial charge in [0, 0.05) is 18.9 Å². The number of carbonyl (C=O) groups excluding carboxylic acids is 2. The van der Waals surface area contributed by atoms with E-state index in [1.54, 1.807) is 6.92 Å². The number of hydrogen-bond donors (Lipinski definition) is 2. The van der Waals surface area contributed by atoms with Gasteiger partial charge in [-0.2, -0.15) is 0 Å². The molecule has 1 unspecified atom stereocenters. The van der Waals surface area contributed by atoms with E-state index in [2.05, 4.69) is 10.0 Å². The van der Waals surface area contributed by atoms with Gasteiger partial charge in [0.2, 0.25) is 10.0 Å². The zero-order valence-corrected chi connectivity index (χ0v) is 16.1. The predicted octanol–water partition coefficient (Wildman–Crippen LogP) is 1.56. The summed E-state index contributed by atoms with van der Waals surface area (Å²) in [5.74, 6) is -1.99. The zero-order valence-electron chi connectivity index (χ0n) is 15.2. The summed E-state index contributed by atoms with van der Waals surface area (Å²) in [6.45, 7) is 2.94. The molecule has 0 aliphatic rings. The molecule has 0 radical (unpaired) electrons. The molecule has 0 saturated heterocycles. The minimum atomic E-state index is -3.72. The third-order valence-corrected chi connectivity index (χ3v) is 5.24. The number of rotatable bonds is 6. The van der Waals surface area contributed by atoms with Crippen molar-refractivity contribution in [3.63, 3.8) is 0 Å². The van der Waals surface area contributed by atoms with E-state index in [0.29, 0.717) is 5.56 Å². The Morgan fingerprint density at radius 3 is 2.52 bits per heavy atom. The summed E-state index contributed by atoms with van der Waals surface area (Å²) in [6, 6.07) is 5.34. The highest BCUT2D eigenvalue weighted by Crippen LogP contribution is 2.16. The molecule has 1 amide bonds. The van der Waals surface area contributed by atoms with Crippen LogP contribution >= 0.6 is 0 Å². The average molecular weight is 397 g/mol. The van der Waals surface area contributed by atoms with Gasteiger partial charge in [-0.15, -0.1) is 0 Å². The lowest BCUT2D eigenvalue weighted by molar-refractivity contribution is -0.123. The zero-order chi connectivity index (χ0) is 20.4. The molecule has 10 heteroatoms. The number of amides is 1. The first kappa shape index (κ1) is 20.6. The van der Waals surface area contributed by atoms with Crippen LogP contribution < -0.4 is 10.0 Å². The molecule has 2 N–H and O–H groups in total. The van der Waals surface area contributed by atoms with Crippen LogP contribution in [0.5, 0.6) is 0 Å². The Morgan fingerprint density at radius 2 is 1.93 bits per heavy atom. The standard InChI is InChI=1S/C17H20FN3O5S/c1-10-5-6-12(7-14(10)18)20-16(22)11(2)26-17(23)15-8-13(9-21(15)4)27(24,25)19-3/h5-9,11,19H,1-4H3,(H,20,22). The maximum absolute atomic E-state index is 13.5. The number of halogens is 1. The Hall–Kier alpha value is -2.72. The highest BCUT2D eigenvalue weighted by Gasteiger charge is 2.24. The predicted molar refractivity (Wildman–Crippen MR) is 96.3 cm³/mol. The average Bonchev–Trinajstić information content (AvgIpc) is 3.00. The Bertz CT molecular complexity index is 984. The fraction of sp³-hybridized carbons (Fsp3) is 0.294. The lowest BCUT2D eigenvalue weighted by Crippen LogP contribution is -2.30. The van der Waals surface area contributed by atoms with E-state index >= 15 is 0 Å². The van der Waals surface area contributed by atoms with Gasteiger partial charge in [0.25, 0.3) is 5.91 Å². The Kier molecular flexibility index (Phi) is 6.01. The van der Waals surface area contributed by atoms with Crippen molar-refractivity contribution in [1.29, 1.82) is 0 Å². The summed E-state index contributed by atoms with van der Waals surface area (Å²) in [5.41, 5.74) is 0.626. The summed E-state index contributed by atoms with van der Waals surface area (Å²) < 4.78 is 45.7. The molecule has 0 fully saturated rings. The molecule has 1 atom stereocenters. The fourth-order valence-electron chi connectivity index (χ4n) is 2.19. The van der Waals surface area contributed by atoms with Gasteiger partial charge in [-0.05, 0) is 44.7 Å². The largest absolute Gasteiger partial charge is 0.448 e. The van der Waals surface area contributed by atoms with Crippen molar-refractivity contribution < 1.29 is 27.1 Å². The van der Waals surface area contributed by atoms with Crippen molar-refractivity contribution in [2.24, 2.45) is 7.05 Å². The second kappa shape index (κ2) is 7.89. The lowest BCUT2D eigenvalue weighted by Gasteiger charge is -2.14. The smallest absolute Gasteiger partial charge is 0.355 e. The molecule has 1 aromatic heterocycles. The van der Waals surface area contributed by atoms with Crippen molar-refractivity contribution >= 4 is 27.6 Å². The first-order valence-electron chi connectivity index (χ1n) is 7.93. The highest BCUT2D eigenvalue weighted by atomic mass is 32.2. The Balaban J connectivity index is 2.08. The highest BCUT2D eigenvalue weighted by molar-refractivity contribution is 7.89. The Labute approximate surface area is 156 Å². The number of anilines is 1. The first-order valence-corrected chi connectivity index (χ1v) is 9.41. The third kappa shape index (κ3) is 4.72. The number of benzene rings is 1. The number of carbonyl (C=O) groups is 2. The minimum Gasteiger partial charge on any atom is -0.448 e. The summed E-state index contributed by atoms with van der Waals surface area (Å²) in [7, 11) is -0.992. The second-order valence-electron chi connectivity index (χ2n) is 5.88. The number of aromatic nitrogens is 1. The summed E-state index contributed by atoms with van der Waals surface area (Å²) in [5, 5.41) is 2.45. The topological polar surface area (TPSA) is 106 Å². The molecule has 0 aliphatic heterocycles. The van der Waals surface area contributed by atoms with Gasteiger partial charge in [-0.25, -0.2) is 22.3 Å². The van der Waals surface area contributed by atoms with Gasteiger partial charge in [-0.3, -0.25) is 4.79 Å². The number of ether oxygens (including phenoxy) is 1. The van der Waals surface area contributed by atoms with Crippen LogP contribution in [0.1, 0.15) is 23.0 Å². The van der Waals surface area contributed by atoms with E-state index in [1.807, 2.05) is 0 Å². The molecule has 0 aliphatic carbocycles. The van der Waals surface area contributed by atoms with Crippen LogP contribution in [0.25, 0.3) is 0 Å². The maximum Gasteiger partial charge on any atom is 0.355 e. The molecular weight excluding hydrogens is 377 g/mol. The SMILES string of the molecule is CNS(=O)(=O)c1cc(C(=O)OC(C)C(=O)Nc2ccc(C)c(F)c2)n(C)c1. The molecule has 0 spiro atoms. The molecule has 1 aromatic carbocycles. The van der Waals surface area contributed by atoms with Crippen molar-refractivity contribution in [1.82, 2.24) is 9.29 Å². The quantitative estimate of drug-likeness (QED) is 0.720. The van der Waals surface area contributed by atoms with Gasteiger partial charge >= 0.3 is 5.97 Å². The van der Waals surface area contributed by atoms with Gasteiger partial charge < -0.3 is 14.6 Å². The van der Waals surface area contributed by atoms with E-state index in [-0.39, 0.29) is 16.3 Å². The van der Waals surface area contributed by atoms with Crippen LogP contribution in [0.3, 0.4) is 0 Å². The van der Waals surface area contributed by atoms with Crippen LogP contribution in [-0.2, 0) is 26.6 Å². The normalized spacial score (nSPS) is 12.5. The summed E-state index contributed by atoms with van der Waals surface area (Å²) in [6.07, 6.45) is 0.0727. The molecular formula is C17H20FN3O5S. The molecule has 0 bridgehead atoms. The van der Waals surface area contributed by atoms with Crippen molar-refractivity contribution in [3.8, 4) is 0 Å². The van der Waals surface area contributed by atoms with E-state index in [4.69, 9.17) is 4.74 Å². The number of esters is 1. The fourth-order valence-corrected chi connectivity index (χ4v) is 2.99. The molecule has 2 aromatic rings. The summed E-state index contributed by atoms with van der Waals surface area (Å²) >= 11 is 0. The molecule has 0 saturated carbocycles.